The second-order valence-electron chi connectivity index (χ2n) is 5.94. The van der Waals surface area contributed by atoms with Gasteiger partial charge in [0.05, 0.1) is 11.9 Å². The maximum Gasteiger partial charge on any atom is 0.264 e. The Bertz CT molecular complexity index is 730. The van der Waals surface area contributed by atoms with Crippen molar-refractivity contribution in [2.45, 2.75) is 39.1 Å². The molecule has 140 valence electrons. The Kier molecular flexibility index (Phi) is 6.60. The van der Waals surface area contributed by atoms with Gasteiger partial charge in [-0.05, 0) is 27.3 Å². The quantitative estimate of drug-likeness (QED) is 0.599. The predicted octanol–water partition coefficient (Wildman–Crippen LogP) is 1.02. The number of amidine groups is 1. The van der Waals surface area contributed by atoms with E-state index in [0.717, 1.165) is 38.6 Å². The standard InChI is InChI=1S/C16H28N6O2S/c1-5-20-9-11-21(12-10-20)15(4)17-7-8-19-25(23,24)16-13-18-22(6-2)14(16)3/h7-8,13,19H,5-6,9-12H2,1-4H3/b8-7-,17-15?. The minimum absolute atomic E-state index is 0.190. The Labute approximate surface area is 150 Å². The summed E-state index contributed by atoms with van der Waals surface area (Å²) in [4.78, 5) is 9.13. The molecule has 1 aliphatic heterocycles. The summed E-state index contributed by atoms with van der Waals surface area (Å²) in [5, 5.41) is 4.07. The molecule has 0 saturated carbocycles. The molecule has 25 heavy (non-hydrogen) atoms. The smallest absolute Gasteiger partial charge is 0.264 e. The summed E-state index contributed by atoms with van der Waals surface area (Å²) in [6.07, 6.45) is 4.21. The maximum absolute atomic E-state index is 12.3. The third-order valence-electron chi connectivity index (χ3n) is 4.48. The Hall–Kier alpha value is -1.87. The van der Waals surface area contributed by atoms with Crippen LogP contribution in [-0.2, 0) is 16.6 Å². The Morgan fingerprint density at radius 2 is 1.96 bits per heavy atom. The normalized spacial score (nSPS) is 17.4. The second kappa shape index (κ2) is 8.48. The average Bonchev–Trinajstić information content (AvgIpc) is 3.00. The van der Waals surface area contributed by atoms with E-state index in [2.05, 4.69) is 31.5 Å². The fraction of sp³-hybridized carbons (Fsp3) is 0.625. The number of piperazine rings is 1. The van der Waals surface area contributed by atoms with Crippen LogP contribution in [0, 0.1) is 6.92 Å². The Morgan fingerprint density at radius 3 is 2.52 bits per heavy atom. The van der Waals surface area contributed by atoms with E-state index in [-0.39, 0.29) is 4.90 Å². The van der Waals surface area contributed by atoms with Gasteiger partial charge in [-0.2, -0.15) is 5.10 Å². The summed E-state index contributed by atoms with van der Waals surface area (Å²) >= 11 is 0. The van der Waals surface area contributed by atoms with Crippen LogP contribution in [0.15, 0.2) is 28.5 Å². The van der Waals surface area contributed by atoms with Crippen molar-refractivity contribution >= 4 is 15.9 Å². The third-order valence-corrected chi connectivity index (χ3v) is 5.91. The van der Waals surface area contributed by atoms with Gasteiger partial charge in [0.25, 0.3) is 10.0 Å². The molecule has 1 saturated heterocycles. The van der Waals surface area contributed by atoms with Crippen molar-refractivity contribution in [2.24, 2.45) is 4.99 Å². The second-order valence-corrected chi connectivity index (χ2v) is 7.63. The maximum atomic E-state index is 12.3. The molecule has 1 aromatic heterocycles. The molecule has 1 fully saturated rings. The zero-order chi connectivity index (χ0) is 18.4. The molecule has 8 nitrogen and oxygen atoms in total. The van der Waals surface area contributed by atoms with Crippen LogP contribution in [0.3, 0.4) is 0 Å². The van der Waals surface area contributed by atoms with Gasteiger partial charge in [0.15, 0.2) is 0 Å². The minimum Gasteiger partial charge on any atom is -0.358 e. The lowest BCUT2D eigenvalue weighted by Crippen LogP contribution is -2.47. The largest absolute Gasteiger partial charge is 0.358 e. The molecule has 1 aliphatic rings. The van der Waals surface area contributed by atoms with Crippen molar-refractivity contribution in [3.63, 3.8) is 0 Å². The van der Waals surface area contributed by atoms with Crippen LogP contribution in [-0.4, -0.2) is 66.6 Å². The monoisotopic (exact) mass is 368 g/mol. The number of hydrogen-bond acceptors (Lipinski definition) is 5. The van der Waals surface area contributed by atoms with Crippen molar-refractivity contribution < 1.29 is 8.42 Å². The van der Waals surface area contributed by atoms with E-state index in [4.69, 9.17) is 0 Å². The fourth-order valence-electron chi connectivity index (χ4n) is 2.81. The number of rotatable bonds is 6. The molecule has 0 spiro atoms. The van der Waals surface area contributed by atoms with Gasteiger partial charge in [0.1, 0.15) is 10.7 Å². The SMILES string of the molecule is CCN1CCN(C(C)=N/C=C\NS(=O)(=O)c2cnn(CC)c2C)CC1. The first-order chi connectivity index (χ1) is 11.9. The lowest BCUT2D eigenvalue weighted by atomic mass is 10.3. The van der Waals surface area contributed by atoms with Crippen LogP contribution < -0.4 is 4.72 Å². The summed E-state index contributed by atoms with van der Waals surface area (Å²) in [7, 11) is -3.62. The van der Waals surface area contributed by atoms with Gasteiger partial charge in [-0.25, -0.2) is 13.4 Å². The van der Waals surface area contributed by atoms with Gasteiger partial charge in [-0.3, -0.25) is 9.40 Å². The first-order valence-electron chi connectivity index (χ1n) is 8.60. The molecule has 2 heterocycles. The zero-order valence-electron chi connectivity index (χ0n) is 15.4. The van der Waals surface area contributed by atoms with E-state index in [0.29, 0.717) is 12.2 Å². The number of nitrogens with zero attached hydrogens (tertiary/aromatic N) is 5. The molecule has 1 aromatic rings. The van der Waals surface area contributed by atoms with Crippen molar-refractivity contribution in [1.82, 2.24) is 24.3 Å². The topological polar surface area (TPSA) is 82.8 Å². The molecule has 0 aromatic carbocycles. The summed E-state index contributed by atoms with van der Waals surface area (Å²) in [6, 6.07) is 0. The number of nitrogens with one attached hydrogen (secondary N) is 1. The van der Waals surface area contributed by atoms with E-state index < -0.39 is 10.0 Å². The predicted molar refractivity (Wildman–Crippen MR) is 98.9 cm³/mol. The van der Waals surface area contributed by atoms with E-state index in [9.17, 15) is 8.42 Å². The fourth-order valence-corrected chi connectivity index (χ4v) is 3.86. The van der Waals surface area contributed by atoms with Gasteiger partial charge >= 0.3 is 0 Å². The molecule has 0 aliphatic carbocycles. The van der Waals surface area contributed by atoms with Crippen LogP contribution in [0.25, 0.3) is 0 Å². The summed E-state index contributed by atoms with van der Waals surface area (Å²) < 4.78 is 28.7. The number of hydrogen-bond donors (Lipinski definition) is 1. The highest BCUT2D eigenvalue weighted by atomic mass is 32.2. The summed E-state index contributed by atoms with van der Waals surface area (Å²) in [5.41, 5.74) is 0.622. The molecular formula is C16H28N6O2S. The Balaban J connectivity index is 1.94. The Morgan fingerprint density at radius 1 is 1.28 bits per heavy atom. The van der Waals surface area contributed by atoms with Crippen LogP contribution in [0.4, 0.5) is 0 Å². The van der Waals surface area contributed by atoms with Gasteiger partial charge in [0, 0.05) is 45.1 Å². The van der Waals surface area contributed by atoms with Crippen molar-refractivity contribution in [3.8, 4) is 0 Å². The van der Waals surface area contributed by atoms with Crippen molar-refractivity contribution in [2.75, 3.05) is 32.7 Å². The third kappa shape index (κ3) is 4.82. The molecule has 0 radical (unpaired) electrons. The number of likely N-dealkylation sites (N-methyl/N-ethyl adjacent to an activating group) is 1. The molecule has 9 heteroatoms. The van der Waals surface area contributed by atoms with Crippen LogP contribution in [0.5, 0.6) is 0 Å². The highest BCUT2D eigenvalue weighted by molar-refractivity contribution is 7.89. The first kappa shape index (κ1) is 19.5. The van der Waals surface area contributed by atoms with Gasteiger partial charge in [-0.1, -0.05) is 6.92 Å². The number of aryl methyl sites for hydroxylation is 1. The summed E-state index contributed by atoms with van der Waals surface area (Å²) in [6.45, 7) is 13.4. The molecule has 0 unspecified atom stereocenters. The molecule has 0 amide bonds. The van der Waals surface area contributed by atoms with E-state index in [1.165, 1.54) is 18.6 Å². The van der Waals surface area contributed by atoms with Crippen LogP contribution >= 0.6 is 0 Å². The van der Waals surface area contributed by atoms with Crippen molar-refractivity contribution in [1.29, 1.82) is 0 Å². The number of sulfonamides is 1. The molecule has 0 atom stereocenters. The van der Waals surface area contributed by atoms with E-state index in [1.807, 2.05) is 13.8 Å². The van der Waals surface area contributed by atoms with Crippen LogP contribution in [0.1, 0.15) is 26.5 Å². The van der Waals surface area contributed by atoms with Crippen LogP contribution in [0.2, 0.25) is 0 Å². The van der Waals surface area contributed by atoms with Gasteiger partial charge in [0.2, 0.25) is 0 Å². The number of aromatic nitrogens is 2. The lowest BCUT2D eigenvalue weighted by molar-refractivity contribution is 0.189. The van der Waals surface area contributed by atoms with Gasteiger partial charge < -0.3 is 9.80 Å². The molecular weight excluding hydrogens is 340 g/mol. The highest BCUT2D eigenvalue weighted by Crippen LogP contribution is 2.13. The van der Waals surface area contributed by atoms with E-state index in [1.54, 1.807) is 11.6 Å². The number of aliphatic imine (C=N–C) groups is 1. The van der Waals surface area contributed by atoms with Crippen molar-refractivity contribution in [3.05, 3.63) is 24.3 Å². The van der Waals surface area contributed by atoms with Gasteiger partial charge in [-0.15, -0.1) is 0 Å². The van der Waals surface area contributed by atoms with E-state index >= 15 is 0 Å². The molecule has 1 N–H and O–H groups in total. The first-order valence-corrected chi connectivity index (χ1v) is 10.1. The molecule has 2 rings (SSSR count). The summed E-state index contributed by atoms with van der Waals surface area (Å²) in [5.74, 6) is 0.890. The molecule has 0 bridgehead atoms. The zero-order valence-corrected chi connectivity index (χ0v) is 16.3. The lowest BCUT2D eigenvalue weighted by Gasteiger charge is -2.35. The average molecular weight is 369 g/mol. The highest BCUT2D eigenvalue weighted by Gasteiger charge is 2.19. The minimum atomic E-state index is -3.62.